The van der Waals surface area contributed by atoms with Crippen molar-refractivity contribution >= 4 is 17.7 Å². The topological polar surface area (TPSA) is 51.0 Å². The summed E-state index contributed by atoms with van der Waals surface area (Å²) in [5.41, 5.74) is 1.18. The number of hydrogen-bond acceptors (Lipinski definition) is 4. The first-order valence-electron chi connectivity index (χ1n) is 7.66. The molecule has 0 atom stereocenters. The molecular weight excluding hydrogens is 339 g/mol. The molecule has 0 spiro atoms. The van der Waals surface area contributed by atoms with Crippen LogP contribution in [0.4, 0.5) is 4.39 Å². The first kappa shape index (κ1) is 17.2. The standard InChI is InChI=1S/C18H17FN4OS/c1-22(2)16(24)12-25-18-21-20-17(14-10-6-7-11-15(14)19)23(18)13-8-4-3-5-9-13/h3-11H,12H2,1-2H3. The van der Waals surface area contributed by atoms with E-state index in [0.717, 1.165) is 5.69 Å². The minimum Gasteiger partial charge on any atom is -0.348 e. The Labute approximate surface area is 149 Å². The Balaban J connectivity index is 2.05. The number of para-hydroxylation sites is 1. The highest BCUT2D eigenvalue weighted by atomic mass is 32.2. The number of thioether (sulfide) groups is 1. The van der Waals surface area contributed by atoms with Gasteiger partial charge in [-0.15, -0.1) is 10.2 Å². The van der Waals surface area contributed by atoms with Gasteiger partial charge in [0.05, 0.1) is 11.3 Å². The number of halogens is 1. The van der Waals surface area contributed by atoms with Crippen LogP contribution >= 0.6 is 11.8 Å². The minimum atomic E-state index is -0.368. The van der Waals surface area contributed by atoms with Crippen LogP contribution in [-0.2, 0) is 4.79 Å². The van der Waals surface area contributed by atoms with Crippen LogP contribution in [0.25, 0.3) is 17.1 Å². The smallest absolute Gasteiger partial charge is 0.232 e. The molecule has 0 N–H and O–H groups in total. The lowest BCUT2D eigenvalue weighted by molar-refractivity contribution is -0.125. The van der Waals surface area contributed by atoms with Crippen LogP contribution in [-0.4, -0.2) is 45.4 Å². The van der Waals surface area contributed by atoms with Gasteiger partial charge >= 0.3 is 0 Å². The molecule has 0 fully saturated rings. The van der Waals surface area contributed by atoms with Gasteiger partial charge in [0.25, 0.3) is 0 Å². The number of carbonyl (C=O) groups is 1. The van der Waals surface area contributed by atoms with Crippen molar-refractivity contribution in [2.24, 2.45) is 0 Å². The summed E-state index contributed by atoms with van der Waals surface area (Å²) in [5, 5.41) is 8.89. The molecule has 1 aromatic heterocycles. The molecule has 0 radical (unpaired) electrons. The number of nitrogens with zero attached hydrogens (tertiary/aromatic N) is 4. The molecule has 1 heterocycles. The third-order valence-electron chi connectivity index (χ3n) is 3.59. The Morgan fingerprint density at radius 1 is 1.08 bits per heavy atom. The lowest BCUT2D eigenvalue weighted by Gasteiger charge is -2.12. The van der Waals surface area contributed by atoms with Crippen LogP contribution in [0.1, 0.15) is 0 Å². The summed E-state index contributed by atoms with van der Waals surface area (Å²) in [5.74, 6) is 0.243. The molecule has 3 rings (SSSR count). The van der Waals surface area contributed by atoms with E-state index in [1.165, 1.54) is 22.7 Å². The van der Waals surface area contributed by atoms with Gasteiger partial charge in [0, 0.05) is 19.8 Å². The van der Waals surface area contributed by atoms with Crippen LogP contribution in [0, 0.1) is 5.82 Å². The SMILES string of the molecule is CN(C)C(=O)CSc1nnc(-c2ccccc2F)n1-c1ccccc1. The average molecular weight is 356 g/mol. The molecule has 1 amide bonds. The van der Waals surface area contributed by atoms with E-state index in [9.17, 15) is 9.18 Å². The molecule has 0 aliphatic carbocycles. The van der Waals surface area contributed by atoms with E-state index in [1.54, 1.807) is 36.9 Å². The zero-order valence-electron chi connectivity index (χ0n) is 13.9. The molecule has 2 aromatic carbocycles. The molecule has 7 heteroatoms. The van der Waals surface area contributed by atoms with Crippen molar-refractivity contribution in [2.75, 3.05) is 19.8 Å². The third kappa shape index (κ3) is 3.71. The number of carbonyl (C=O) groups excluding carboxylic acids is 1. The fourth-order valence-corrected chi connectivity index (χ4v) is 3.18. The number of hydrogen-bond donors (Lipinski definition) is 0. The summed E-state index contributed by atoms with van der Waals surface area (Å²) in [4.78, 5) is 13.4. The summed E-state index contributed by atoms with van der Waals surface area (Å²) < 4.78 is 16.0. The Morgan fingerprint density at radius 3 is 2.44 bits per heavy atom. The van der Waals surface area contributed by atoms with Gasteiger partial charge in [-0.25, -0.2) is 4.39 Å². The summed E-state index contributed by atoms with van der Waals surface area (Å²) in [7, 11) is 3.41. The lowest BCUT2D eigenvalue weighted by Crippen LogP contribution is -2.23. The summed E-state index contributed by atoms with van der Waals surface area (Å²) >= 11 is 1.28. The van der Waals surface area contributed by atoms with Crippen LogP contribution in [0.3, 0.4) is 0 Å². The molecular formula is C18H17FN4OS. The van der Waals surface area contributed by atoms with Gasteiger partial charge in [0.15, 0.2) is 11.0 Å². The zero-order chi connectivity index (χ0) is 17.8. The van der Waals surface area contributed by atoms with Crippen molar-refractivity contribution in [3.8, 4) is 17.1 Å². The summed E-state index contributed by atoms with van der Waals surface area (Å²) in [6.45, 7) is 0. The average Bonchev–Trinajstić information content (AvgIpc) is 3.04. The Kier molecular flexibility index (Phi) is 5.14. The Bertz CT molecular complexity index is 880. The van der Waals surface area contributed by atoms with Gasteiger partial charge in [-0.05, 0) is 24.3 Å². The predicted octanol–water partition coefficient (Wildman–Crippen LogP) is 3.25. The van der Waals surface area contributed by atoms with Gasteiger partial charge in [-0.2, -0.15) is 0 Å². The second-order valence-electron chi connectivity index (χ2n) is 5.53. The van der Waals surface area contributed by atoms with E-state index in [2.05, 4.69) is 10.2 Å². The summed E-state index contributed by atoms with van der Waals surface area (Å²) in [6, 6.07) is 15.9. The van der Waals surface area contributed by atoms with Crippen LogP contribution in [0.5, 0.6) is 0 Å². The van der Waals surface area contributed by atoms with Gasteiger partial charge in [-0.1, -0.05) is 42.1 Å². The van der Waals surface area contributed by atoms with E-state index in [0.29, 0.717) is 16.5 Å². The fraction of sp³-hybridized carbons (Fsp3) is 0.167. The zero-order valence-corrected chi connectivity index (χ0v) is 14.7. The highest BCUT2D eigenvalue weighted by Gasteiger charge is 2.19. The molecule has 0 aliphatic rings. The molecule has 3 aromatic rings. The number of rotatable bonds is 5. The molecule has 0 unspecified atom stereocenters. The largest absolute Gasteiger partial charge is 0.348 e. The van der Waals surface area contributed by atoms with E-state index < -0.39 is 0 Å². The molecule has 128 valence electrons. The van der Waals surface area contributed by atoms with Crippen LogP contribution < -0.4 is 0 Å². The van der Waals surface area contributed by atoms with Crippen LogP contribution in [0.15, 0.2) is 59.8 Å². The summed E-state index contributed by atoms with van der Waals surface area (Å²) in [6.07, 6.45) is 0. The molecule has 0 aliphatic heterocycles. The van der Waals surface area contributed by atoms with Crippen LogP contribution in [0.2, 0.25) is 0 Å². The van der Waals surface area contributed by atoms with E-state index in [-0.39, 0.29) is 17.5 Å². The molecule has 5 nitrogen and oxygen atoms in total. The number of amides is 1. The third-order valence-corrected chi connectivity index (χ3v) is 4.50. The normalized spacial score (nSPS) is 10.7. The molecule has 0 saturated carbocycles. The van der Waals surface area contributed by atoms with Gasteiger partial charge in [0.1, 0.15) is 5.82 Å². The number of aromatic nitrogens is 3. The maximum Gasteiger partial charge on any atom is 0.232 e. The molecule has 0 saturated heterocycles. The second kappa shape index (κ2) is 7.48. The highest BCUT2D eigenvalue weighted by Crippen LogP contribution is 2.29. The predicted molar refractivity (Wildman–Crippen MR) is 96.2 cm³/mol. The van der Waals surface area contributed by atoms with Gasteiger partial charge < -0.3 is 4.90 Å². The van der Waals surface area contributed by atoms with Crippen molar-refractivity contribution in [1.29, 1.82) is 0 Å². The van der Waals surface area contributed by atoms with Crippen molar-refractivity contribution in [2.45, 2.75) is 5.16 Å². The fourth-order valence-electron chi connectivity index (χ4n) is 2.25. The van der Waals surface area contributed by atoms with Crippen molar-refractivity contribution in [1.82, 2.24) is 19.7 Å². The van der Waals surface area contributed by atoms with Gasteiger partial charge in [-0.3, -0.25) is 9.36 Å². The maximum atomic E-state index is 14.3. The van der Waals surface area contributed by atoms with Crippen molar-refractivity contribution < 1.29 is 9.18 Å². The highest BCUT2D eigenvalue weighted by molar-refractivity contribution is 7.99. The quantitative estimate of drug-likeness (QED) is 0.659. The second-order valence-corrected chi connectivity index (χ2v) is 6.48. The number of benzene rings is 2. The van der Waals surface area contributed by atoms with E-state index >= 15 is 0 Å². The minimum absolute atomic E-state index is 0.0277. The monoisotopic (exact) mass is 356 g/mol. The van der Waals surface area contributed by atoms with E-state index in [1.807, 2.05) is 30.3 Å². The first-order chi connectivity index (χ1) is 12.1. The van der Waals surface area contributed by atoms with E-state index in [4.69, 9.17) is 0 Å². The maximum absolute atomic E-state index is 14.3. The Hall–Kier alpha value is -2.67. The Morgan fingerprint density at radius 2 is 1.76 bits per heavy atom. The molecule has 25 heavy (non-hydrogen) atoms. The van der Waals surface area contributed by atoms with Crippen molar-refractivity contribution in [3.63, 3.8) is 0 Å². The lowest BCUT2D eigenvalue weighted by atomic mass is 10.2. The van der Waals surface area contributed by atoms with Gasteiger partial charge in [0.2, 0.25) is 5.91 Å². The van der Waals surface area contributed by atoms with Crippen molar-refractivity contribution in [3.05, 3.63) is 60.4 Å². The first-order valence-corrected chi connectivity index (χ1v) is 8.65. The molecule has 0 bridgehead atoms.